The highest BCUT2D eigenvalue weighted by atomic mass is 16.5. The third-order valence-electron chi connectivity index (χ3n) is 6.56. The SMILES string of the molecule is CN(C)CCNc1nc(Nc2ccc(CN3CCOCC3)nc2)c2ncn(C3CCCC3)c2n1. The van der Waals surface area contributed by atoms with Crippen LogP contribution in [0.15, 0.2) is 24.7 Å². The zero-order valence-electron chi connectivity index (χ0n) is 20.2. The summed E-state index contributed by atoms with van der Waals surface area (Å²) in [5, 5.41) is 6.83. The molecule has 1 saturated heterocycles. The fourth-order valence-corrected chi connectivity index (χ4v) is 4.64. The first-order valence-electron chi connectivity index (χ1n) is 12.3. The van der Waals surface area contributed by atoms with Crippen molar-refractivity contribution in [2.75, 3.05) is 64.1 Å². The number of nitrogens with zero attached hydrogens (tertiary/aromatic N) is 7. The van der Waals surface area contributed by atoms with Crippen molar-refractivity contribution in [3.05, 3.63) is 30.4 Å². The number of imidazole rings is 1. The number of likely N-dealkylation sites (N-methyl/N-ethyl adjacent to an activating group) is 1. The van der Waals surface area contributed by atoms with Crippen molar-refractivity contribution < 1.29 is 4.74 Å². The van der Waals surface area contributed by atoms with E-state index in [0.29, 0.717) is 17.8 Å². The maximum atomic E-state index is 5.44. The van der Waals surface area contributed by atoms with E-state index in [9.17, 15) is 0 Å². The van der Waals surface area contributed by atoms with Crippen LogP contribution in [0.4, 0.5) is 17.5 Å². The smallest absolute Gasteiger partial charge is 0.226 e. The summed E-state index contributed by atoms with van der Waals surface area (Å²) in [5.74, 6) is 1.32. The molecule has 2 aliphatic rings. The van der Waals surface area contributed by atoms with Gasteiger partial charge in [0, 0.05) is 38.8 Å². The quantitative estimate of drug-likeness (QED) is 0.494. The molecule has 0 bridgehead atoms. The van der Waals surface area contributed by atoms with Gasteiger partial charge in [0.2, 0.25) is 5.95 Å². The predicted octanol–water partition coefficient (Wildman–Crippen LogP) is 2.89. The van der Waals surface area contributed by atoms with Gasteiger partial charge < -0.3 is 24.8 Å². The first-order chi connectivity index (χ1) is 16.7. The second-order valence-electron chi connectivity index (χ2n) is 9.44. The molecule has 3 aromatic heterocycles. The average Bonchev–Trinajstić information content (AvgIpc) is 3.51. The molecule has 1 aliphatic heterocycles. The molecule has 3 aromatic rings. The van der Waals surface area contributed by atoms with Gasteiger partial charge in [-0.25, -0.2) is 4.98 Å². The Morgan fingerprint density at radius 2 is 1.91 bits per heavy atom. The van der Waals surface area contributed by atoms with E-state index in [2.05, 4.69) is 56.2 Å². The van der Waals surface area contributed by atoms with Gasteiger partial charge in [0.1, 0.15) is 0 Å². The Morgan fingerprint density at radius 1 is 1.09 bits per heavy atom. The van der Waals surface area contributed by atoms with Crippen LogP contribution < -0.4 is 10.6 Å². The van der Waals surface area contributed by atoms with Crippen molar-refractivity contribution in [2.24, 2.45) is 0 Å². The summed E-state index contributed by atoms with van der Waals surface area (Å²) in [6.07, 6.45) is 8.67. The molecular weight excluding hydrogens is 430 g/mol. The van der Waals surface area contributed by atoms with E-state index >= 15 is 0 Å². The molecule has 0 unspecified atom stereocenters. The Kier molecular flexibility index (Phi) is 7.17. The van der Waals surface area contributed by atoms with Gasteiger partial charge in [0.25, 0.3) is 0 Å². The molecule has 10 nitrogen and oxygen atoms in total. The summed E-state index contributed by atoms with van der Waals surface area (Å²) in [6.45, 7) is 6.01. The van der Waals surface area contributed by atoms with Gasteiger partial charge in [-0.1, -0.05) is 12.8 Å². The number of anilines is 3. The largest absolute Gasteiger partial charge is 0.379 e. The summed E-state index contributed by atoms with van der Waals surface area (Å²) >= 11 is 0. The van der Waals surface area contributed by atoms with Gasteiger partial charge in [-0.05, 0) is 39.1 Å². The third kappa shape index (κ3) is 5.45. The molecular formula is C24H35N9O. The number of ether oxygens (including phenoxy) is 1. The standard InChI is InChI=1S/C24H35N9O/c1-31(2)10-9-25-24-29-22(21-23(30-24)33(17-27-21)20-5-3-4-6-20)28-18-7-8-19(26-15-18)16-32-11-13-34-14-12-32/h7-8,15,17,20H,3-6,9-14,16H2,1-2H3,(H2,25,28,29,30). The van der Waals surface area contributed by atoms with Crippen molar-refractivity contribution in [3.8, 4) is 0 Å². The monoisotopic (exact) mass is 465 g/mol. The minimum atomic E-state index is 0.462. The lowest BCUT2D eigenvalue weighted by atomic mass is 10.2. The van der Waals surface area contributed by atoms with Crippen LogP contribution in [0.5, 0.6) is 0 Å². The number of nitrogens with one attached hydrogen (secondary N) is 2. The number of fused-ring (bicyclic) bond motifs is 1. The molecule has 0 radical (unpaired) electrons. The van der Waals surface area contributed by atoms with Crippen molar-refractivity contribution in [3.63, 3.8) is 0 Å². The van der Waals surface area contributed by atoms with E-state index in [1.807, 2.05) is 12.5 Å². The van der Waals surface area contributed by atoms with Gasteiger partial charge >= 0.3 is 0 Å². The first kappa shape index (κ1) is 22.9. The van der Waals surface area contributed by atoms with Gasteiger partial charge in [-0.2, -0.15) is 9.97 Å². The maximum Gasteiger partial charge on any atom is 0.226 e. The molecule has 1 saturated carbocycles. The highest BCUT2D eigenvalue weighted by molar-refractivity contribution is 5.86. The number of hydrogen-bond acceptors (Lipinski definition) is 9. The van der Waals surface area contributed by atoms with Crippen LogP contribution in [0.1, 0.15) is 37.4 Å². The summed E-state index contributed by atoms with van der Waals surface area (Å²) in [7, 11) is 4.12. The Morgan fingerprint density at radius 3 is 2.65 bits per heavy atom. The molecule has 5 rings (SSSR count). The van der Waals surface area contributed by atoms with E-state index in [1.54, 1.807) is 0 Å². The van der Waals surface area contributed by atoms with Crippen molar-refractivity contribution in [1.29, 1.82) is 0 Å². The predicted molar refractivity (Wildman–Crippen MR) is 133 cm³/mol. The van der Waals surface area contributed by atoms with Crippen LogP contribution in [-0.2, 0) is 11.3 Å². The Labute approximate surface area is 200 Å². The zero-order valence-corrected chi connectivity index (χ0v) is 20.2. The molecule has 0 atom stereocenters. The number of rotatable bonds is 9. The lowest BCUT2D eigenvalue weighted by molar-refractivity contribution is 0.0336. The van der Waals surface area contributed by atoms with Gasteiger partial charge in [-0.15, -0.1) is 0 Å². The zero-order chi connectivity index (χ0) is 23.3. The normalized spacial score (nSPS) is 17.6. The van der Waals surface area contributed by atoms with Crippen LogP contribution in [-0.4, -0.2) is 87.8 Å². The molecule has 34 heavy (non-hydrogen) atoms. The summed E-state index contributed by atoms with van der Waals surface area (Å²) < 4.78 is 7.67. The van der Waals surface area contributed by atoms with E-state index in [0.717, 1.165) is 68.5 Å². The van der Waals surface area contributed by atoms with Crippen LogP contribution in [0.3, 0.4) is 0 Å². The average molecular weight is 466 g/mol. The highest BCUT2D eigenvalue weighted by Crippen LogP contribution is 2.33. The minimum Gasteiger partial charge on any atom is -0.379 e. The molecule has 4 heterocycles. The Bertz CT molecular complexity index is 1070. The van der Waals surface area contributed by atoms with Gasteiger partial charge in [-0.3, -0.25) is 9.88 Å². The van der Waals surface area contributed by atoms with Gasteiger partial charge in [0.15, 0.2) is 17.0 Å². The van der Waals surface area contributed by atoms with E-state index < -0.39 is 0 Å². The van der Waals surface area contributed by atoms with E-state index in [1.165, 1.54) is 25.7 Å². The second kappa shape index (κ2) is 10.6. The molecule has 182 valence electrons. The fourth-order valence-electron chi connectivity index (χ4n) is 4.64. The molecule has 0 amide bonds. The van der Waals surface area contributed by atoms with Crippen molar-refractivity contribution in [1.82, 2.24) is 34.3 Å². The molecule has 10 heteroatoms. The number of pyridine rings is 1. The number of morpholine rings is 1. The van der Waals surface area contributed by atoms with E-state index in [-0.39, 0.29) is 0 Å². The van der Waals surface area contributed by atoms with Crippen molar-refractivity contribution in [2.45, 2.75) is 38.3 Å². The van der Waals surface area contributed by atoms with Crippen LogP contribution in [0, 0.1) is 0 Å². The van der Waals surface area contributed by atoms with Crippen LogP contribution in [0.2, 0.25) is 0 Å². The van der Waals surface area contributed by atoms with E-state index in [4.69, 9.17) is 19.7 Å². The maximum absolute atomic E-state index is 5.44. The Balaban J connectivity index is 1.37. The highest BCUT2D eigenvalue weighted by Gasteiger charge is 2.22. The molecule has 2 N–H and O–H groups in total. The fraction of sp³-hybridized carbons (Fsp3) is 0.583. The lowest BCUT2D eigenvalue weighted by Crippen LogP contribution is -2.35. The summed E-state index contributed by atoms with van der Waals surface area (Å²) in [6, 6.07) is 4.59. The summed E-state index contributed by atoms with van der Waals surface area (Å²) in [5.41, 5.74) is 3.62. The molecule has 0 spiro atoms. The Hall–Kier alpha value is -2.82. The summed E-state index contributed by atoms with van der Waals surface area (Å²) in [4.78, 5) is 23.5. The molecule has 1 aliphatic carbocycles. The number of aromatic nitrogens is 5. The van der Waals surface area contributed by atoms with Crippen LogP contribution in [0.25, 0.3) is 11.2 Å². The lowest BCUT2D eigenvalue weighted by Gasteiger charge is -2.26. The first-order valence-corrected chi connectivity index (χ1v) is 12.3. The van der Waals surface area contributed by atoms with Crippen molar-refractivity contribution >= 4 is 28.6 Å². The van der Waals surface area contributed by atoms with Gasteiger partial charge in [0.05, 0.1) is 37.1 Å². The second-order valence-corrected chi connectivity index (χ2v) is 9.44. The molecule has 2 fully saturated rings. The topological polar surface area (TPSA) is 96.3 Å². The minimum absolute atomic E-state index is 0.462. The number of hydrogen-bond donors (Lipinski definition) is 2. The third-order valence-corrected chi connectivity index (χ3v) is 6.56. The molecule has 0 aromatic carbocycles. The van der Waals surface area contributed by atoms with Crippen LogP contribution >= 0.6 is 0 Å².